The third-order valence-electron chi connectivity index (χ3n) is 4.75. The summed E-state index contributed by atoms with van der Waals surface area (Å²) in [6, 6.07) is 0. The normalized spacial score (nSPS) is 15.5. The van der Waals surface area contributed by atoms with E-state index in [1.165, 1.54) is 10.4 Å². The van der Waals surface area contributed by atoms with Crippen LogP contribution in [-0.2, 0) is 9.59 Å². The standard InChI is InChI=1S/C17H22N4O3S/c1-10-11(2)25-17-14(10)15(19-9-20-17)21-7-4-12(5-8-21)16(24)18-6-3-13(22)23/h9,12H,3-8H2,1-2H3,(H,18,24)(H,22,23). The van der Waals surface area contributed by atoms with Gasteiger partial charge in [-0.3, -0.25) is 9.59 Å². The number of thiophene rings is 1. The largest absolute Gasteiger partial charge is 0.481 e. The number of hydrogen-bond donors (Lipinski definition) is 2. The van der Waals surface area contributed by atoms with E-state index >= 15 is 0 Å². The summed E-state index contributed by atoms with van der Waals surface area (Å²) in [7, 11) is 0. The third kappa shape index (κ3) is 3.73. The molecule has 0 radical (unpaired) electrons. The van der Waals surface area contributed by atoms with E-state index in [9.17, 15) is 9.59 Å². The Labute approximate surface area is 150 Å². The monoisotopic (exact) mass is 362 g/mol. The first-order valence-corrected chi connectivity index (χ1v) is 9.24. The second kappa shape index (κ2) is 7.35. The van der Waals surface area contributed by atoms with E-state index in [4.69, 9.17) is 5.11 Å². The second-order valence-corrected chi connectivity index (χ2v) is 7.56. The second-order valence-electron chi connectivity index (χ2n) is 6.36. The zero-order valence-electron chi connectivity index (χ0n) is 14.4. The smallest absolute Gasteiger partial charge is 0.305 e. The minimum absolute atomic E-state index is 0.0414. The average Bonchev–Trinajstić information content (AvgIpc) is 2.89. The van der Waals surface area contributed by atoms with Crippen molar-refractivity contribution in [1.29, 1.82) is 0 Å². The highest BCUT2D eigenvalue weighted by Crippen LogP contribution is 2.35. The van der Waals surface area contributed by atoms with Crippen LogP contribution in [0.4, 0.5) is 5.82 Å². The molecule has 7 nitrogen and oxygen atoms in total. The number of nitrogens with one attached hydrogen (secondary N) is 1. The predicted molar refractivity (Wildman–Crippen MR) is 97.1 cm³/mol. The third-order valence-corrected chi connectivity index (χ3v) is 5.86. The Kier molecular flexibility index (Phi) is 5.17. The lowest BCUT2D eigenvalue weighted by Gasteiger charge is -2.32. The summed E-state index contributed by atoms with van der Waals surface area (Å²) in [6.45, 7) is 5.91. The lowest BCUT2D eigenvalue weighted by Crippen LogP contribution is -2.41. The van der Waals surface area contributed by atoms with E-state index in [0.717, 1.165) is 42.0 Å². The summed E-state index contributed by atoms with van der Waals surface area (Å²) >= 11 is 1.68. The molecule has 0 saturated carbocycles. The highest BCUT2D eigenvalue weighted by molar-refractivity contribution is 7.18. The number of hydrogen-bond acceptors (Lipinski definition) is 6. The Bertz CT molecular complexity index is 797. The van der Waals surface area contributed by atoms with E-state index in [2.05, 4.69) is 34.0 Å². The van der Waals surface area contributed by atoms with Crippen LogP contribution in [0, 0.1) is 19.8 Å². The minimum Gasteiger partial charge on any atom is -0.481 e. The number of carboxylic acid groups (broad SMARTS) is 1. The summed E-state index contributed by atoms with van der Waals surface area (Å²) in [6.07, 6.45) is 3.05. The molecule has 2 N–H and O–H groups in total. The van der Waals surface area contributed by atoms with Gasteiger partial charge in [0, 0.05) is 30.4 Å². The molecule has 3 rings (SSSR count). The number of aliphatic carboxylic acids is 1. The molecule has 1 amide bonds. The predicted octanol–water partition coefficient (Wildman–Crippen LogP) is 2.12. The molecular weight excluding hydrogens is 340 g/mol. The van der Waals surface area contributed by atoms with Gasteiger partial charge in [0.2, 0.25) is 5.91 Å². The lowest BCUT2D eigenvalue weighted by atomic mass is 9.95. The molecule has 1 aliphatic rings. The zero-order valence-corrected chi connectivity index (χ0v) is 15.2. The number of piperidine rings is 1. The van der Waals surface area contributed by atoms with Crippen LogP contribution in [-0.4, -0.2) is 46.6 Å². The lowest BCUT2D eigenvalue weighted by molar-refractivity contribution is -0.137. The van der Waals surface area contributed by atoms with Crippen molar-refractivity contribution >= 4 is 39.2 Å². The van der Waals surface area contributed by atoms with Crippen molar-refractivity contribution < 1.29 is 14.7 Å². The maximum Gasteiger partial charge on any atom is 0.305 e. The summed E-state index contributed by atoms with van der Waals surface area (Å²) in [5.74, 6) is -0.0510. The summed E-state index contributed by atoms with van der Waals surface area (Å²) in [5.41, 5.74) is 1.23. The van der Waals surface area contributed by atoms with E-state index in [1.54, 1.807) is 17.7 Å². The number of carbonyl (C=O) groups excluding carboxylic acids is 1. The molecule has 2 aromatic heterocycles. The molecule has 2 aromatic rings. The van der Waals surface area contributed by atoms with Gasteiger partial charge in [0.05, 0.1) is 11.8 Å². The molecule has 8 heteroatoms. The van der Waals surface area contributed by atoms with Gasteiger partial charge in [0.25, 0.3) is 0 Å². The van der Waals surface area contributed by atoms with Crippen LogP contribution in [0.1, 0.15) is 29.7 Å². The Morgan fingerprint density at radius 3 is 2.72 bits per heavy atom. The SMILES string of the molecule is Cc1sc2ncnc(N3CCC(C(=O)NCCC(=O)O)CC3)c2c1C. The van der Waals surface area contributed by atoms with Gasteiger partial charge in [-0.05, 0) is 32.3 Å². The quantitative estimate of drug-likeness (QED) is 0.846. The fraction of sp³-hybridized carbons (Fsp3) is 0.529. The number of aromatic nitrogens is 2. The van der Waals surface area contributed by atoms with Gasteiger partial charge < -0.3 is 15.3 Å². The Balaban J connectivity index is 1.65. The molecule has 25 heavy (non-hydrogen) atoms. The number of nitrogens with zero attached hydrogens (tertiary/aromatic N) is 3. The van der Waals surface area contributed by atoms with Crippen molar-refractivity contribution in [1.82, 2.24) is 15.3 Å². The first-order valence-electron chi connectivity index (χ1n) is 8.42. The van der Waals surface area contributed by atoms with Crippen LogP contribution < -0.4 is 10.2 Å². The molecule has 3 heterocycles. The van der Waals surface area contributed by atoms with Crippen LogP contribution in [0.5, 0.6) is 0 Å². The number of fused-ring (bicyclic) bond motifs is 1. The number of amides is 1. The first-order chi connectivity index (χ1) is 12.0. The molecule has 0 bridgehead atoms. The van der Waals surface area contributed by atoms with Crippen molar-refractivity contribution in [2.75, 3.05) is 24.5 Å². The molecule has 1 fully saturated rings. The number of carboxylic acids is 1. The fourth-order valence-corrected chi connectivity index (χ4v) is 4.19. The van der Waals surface area contributed by atoms with Crippen molar-refractivity contribution in [3.63, 3.8) is 0 Å². The van der Waals surface area contributed by atoms with Crippen molar-refractivity contribution in [3.05, 3.63) is 16.8 Å². The maximum absolute atomic E-state index is 12.1. The van der Waals surface area contributed by atoms with E-state index in [1.807, 2.05) is 0 Å². The van der Waals surface area contributed by atoms with E-state index in [-0.39, 0.29) is 24.8 Å². The Hall–Kier alpha value is -2.22. The molecule has 0 spiro atoms. The molecular formula is C17H22N4O3S. The first kappa shape index (κ1) is 17.6. The van der Waals surface area contributed by atoms with Gasteiger partial charge in [-0.25, -0.2) is 9.97 Å². The van der Waals surface area contributed by atoms with Crippen LogP contribution >= 0.6 is 11.3 Å². The highest BCUT2D eigenvalue weighted by Gasteiger charge is 2.27. The van der Waals surface area contributed by atoms with Crippen molar-refractivity contribution in [2.45, 2.75) is 33.1 Å². The zero-order chi connectivity index (χ0) is 18.0. The van der Waals surface area contributed by atoms with Crippen LogP contribution in [0.25, 0.3) is 10.2 Å². The van der Waals surface area contributed by atoms with Gasteiger partial charge in [-0.2, -0.15) is 0 Å². The van der Waals surface area contributed by atoms with Gasteiger partial charge >= 0.3 is 5.97 Å². The van der Waals surface area contributed by atoms with E-state index < -0.39 is 5.97 Å². The summed E-state index contributed by atoms with van der Waals surface area (Å²) < 4.78 is 0. The number of anilines is 1. The molecule has 134 valence electrons. The maximum atomic E-state index is 12.1. The van der Waals surface area contributed by atoms with Crippen LogP contribution in [0.3, 0.4) is 0 Å². The Morgan fingerprint density at radius 1 is 1.32 bits per heavy atom. The summed E-state index contributed by atoms with van der Waals surface area (Å²) in [5, 5.41) is 12.5. The fourth-order valence-electron chi connectivity index (χ4n) is 3.19. The van der Waals surface area contributed by atoms with Gasteiger partial charge in [-0.1, -0.05) is 0 Å². The van der Waals surface area contributed by atoms with Crippen LogP contribution in [0.15, 0.2) is 6.33 Å². The van der Waals surface area contributed by atoms with Gasteiger partial charge in [0.1, 0.15) is 17.0 Å². The van der Waals surface area contributed by atoms with Gasteiger partial charge in [0.15, 0.2) is 0 Å². The highest BCUT2D eigenvalue weighted by atomic mass is 32.1. The van der Waals surface area contributed by atoms with Gasteiger partial charge in [-0.15, -0.1) is 11.3 Å². The van der Waals surface area contributed by atoms with Crippen molar-refractivity contribution in [3.8, 4) is 0 Å². The number of carbonyl (C=O) groups is 2. The minimum atomic E-state index is -0.899. The molecule has 0 atom stereocenters. The average molecular weight is 362 g/mol. The number of aryl methyl sites for hydroxylation is 2. The molecule has 0 aliphatic carbocycles. The molecule has 0 unspecified atom stereocenters. The van der Waals surface area contributed by atoms with Crippen LogP contribution in [0.2, 0.25) is 0 Å². The molecule has 1 aliphatic heterocycles. The topological polar surface area (TPSA) is 95.4 Å². The molecule has 1 saturated heterocycles. The summed E-state index contributed by atoms with van der Waals surface area (Å²) in [4.78, 5) is 36.0. The molecule has 0 aromatic carbocycles. The Morgan fingerprint density at radius 2 is 2.04 bits per heavy atom. The van der Waals surface area contributed by atoms with Crippen molar-refractivity contribution in [2.24, 2.45) is 5.92 Å². The van der Waals surface area contributed by atoms with E-state index in [0.29, 0.717) is 0 Å². The number of rotatable bonds is 5.